The summed E-state index contributed by atoms with van der Waals surface area (Å²) in [6.45, 7) is -11.0. The van der Waals surface area contributed by atoms with Gasteiger partial charge in [0, 0.05) is 0 Å². The zero-order valence-corrected chi connectivity index (χ0v) is 17.9. The van der Waals surface area contributed by atoms with Crippen molar-refractivity contribution in [1.29, 1.82) is 0 Å². The Morgan fingerprint density at radius 2 is 0.595 bits per heavy atom. The van der Waals surface area contributed by atoms with Crippen molar-refractivity contribution in [2.24, 2.45) is 0 Å². The first kappa shape index (κ1) is 45.4. The van der Waals surface area contributed by atoms with Crippen LogP contribution in [-0.2, 0) is 0 Å². The highest BCUT2D eigenvalue weighted by molar-refractivity contribution is 4.76. The number of alkyl halides is 21. The third-order valence-corrected chi connectivity index (χ3v) is 2.24. The third-order valence-electron chi connectivity index (χ3n) is 2.24. The molecule has 0 spiro atoms. The molecule has 232 valence electrons. The van der Waals surface area contributed by atoms with E-state index < -0.39 is 88.6 Å². The second kappa shape index (κ2) is 19.5. The maximum Gasteiger partial charge on any atom is 0.444 e. The van der Waals surface area contributed by atoms with E-state index in [0.29, 0.717) is 7.18 Å². The minimum Gasteiger partial charge on any atom is -0.357 e. The van der Waals surface area contributed by atoms with Crippen molar-refractivity contribution in [3.63, 3.8) is 0 Å². The molecule has 22 heteroatoms. The van der Waals surface area contributed by atoms with Crippen molar-refractivity contribution >= 4 is 0 Å². The summed E-state index contributed by atoms with van der Waals surface area (Å²) in [5, 5.41) is 7.10. The fraction of sp³-hybridized carbons (Fsp3) is 1.00. The first-order valence-electron chi connectivity index (χ1n) is 8.31. The lowest BCUT2D eigenvalue weighted by Crippen LogP contribution is -2.32. The number of hydrogen-bond acceptors (Lipinski definition) is 1. The SMILES string of the molecule is CF.FCC(F)(F)CC(F)(F)CF.FCC(F)(F)CC(F)(F)CF.FCC(F)(F)F.OC(F)C(F)(F)F. The minimum absolute atomic E-state index is 0.500. The van der Waals surface area contributed by atoms with Crippen LogP contribution >= 0.6 is 0 Å². The fourth-order valence-corrected chi connectivity index (χ4v) is 0.946. The van der Waals surface area contributed by atoms with Crippen molar-refractivity contribution < 1.29 is 97.3 Å². The van der Waals surface area contributed by atoms with Crippen LogP contribution in [0.3, 0.4) is 0 Å². The fourth-order valence-electron chi connectivity index (χ4n) is 0.946. The normalized spacial score (nSPS) is 13.4. The van der Waals surface area contributed by atoms with Gasteiger partial charge in [-0.3, -0.25) is 4.39 Å². The Morgan fingerprint density at radius 3 is 0.649 bits per heavy atom. The van der Waals surface area contributed by atoms with Gasteiger partial charge in [0.15, 0.2) is 33.4 Å². The van der Waals surface area contributed by atoms with Crippen molar-refractivity contribution in [3.8, 4) is 0 Å². The Bertz CT molecular complexity index is 455. The van der Waals surface area contributed by atoms with Gasteiger partial charge < -0.3 is 5.11 Å². The highest BCUT2D eigenvalue weighted by Gasteiger charge is 2.44. The molecule has 0 bridgehead atoms. The Hall–Kier alpha value is -1.51. The second-order valence-corrected chi connectivity index (χ2v) is 5.94. The number of aliphatic hydroxyl groups is 1. The van der Waals surface area contributed by atoms with Crippen LogP contribution in [0, 0.1) is 0 Å². The van der Waals surface area contributed by atoms with E-state index in [1.54, 1.807) is 0 Å². The average Bonchev–Trinajstić information content (AvgIpc) is 2.74. The van der Waals surface area contributed by atoms with E-state index in [1.807, 2.05) is 0 Å². The molecule has 0 heterocycles. The van der Waals surface area contributed by atoms with Gasteiger partial charge in [-0.2, -0.15) is 26.3 Å². The van der Waals surface area contributed by atoms with Crippen LogP contribution in [0.5, 0.6) is 0 Å². The summed E-state index contributed by atoms with van der Waals surface area (Å²) in [4.78, 5) is 0. The van der Waals surface area contributed by atoms with Gasteiger partial charge in [-0.1, -0.05) is 0 Å². The molecule has 1 unspecified atom stereocenters. The topological polar surface area (TPSA) is 20.2 Å². The molecule has 1 nitrogen and oxygen atoms in total. The standard InChI is InChI=1S/2C5H6F6.C2H2F4O.C2H2F4.CH3F/c2*6-2-4(8,9)1-5(10,11)3-7;3-1(7)2(4,5)6;3-1-2(4,5)6;1-2/h2*1-3H2;1,7H;1H2;1H3. The van der Waals surface area contributed by atoms with Gasteiger partial charge in [-0.05, 0) is 0 Å². The van der Waals surface area contributed by atoms with Gasteiger partial charge in [0.2, 0.25) is 0 Å². The molecule has 0 rings (SSSR count). The predicted molar refractivity (Wildman–Crippen MR) is 85.2 cm³/mol. The molecule has 0 saturated carbocycles. The van der Waals surface area contributed by atoms with Crippen LogP contribution in [0.2, 0.25) is 0 Å². The van der Waals surface area contributed by atoms with E-state index in [2.05, 4.69) is 0 Å². The Kier molecular flexibility index (Phi) is 24.0. The maximum absolute atomic E-state index is 11.8. The Balaban J connectivity index is -0.000000124. The molecule has 1 N–H and O–H groups in total. The van der Waals surface area contributed by atoms with Gasteiger partial charge in [-0.25, -0.2) is 61.5 Å². The zero-order valence-electron chi connectivity index (χ0n) is 17.9. The third kappa shape index (κ3) is 36.7. The van der Waals surface area contributed by atoms with Crippen LogP contribution in [0.1, 0.15) is 12.8 Å². The predicted octanol–water partition coefficient (Wildman–Crippen LogP) is 8.11. The van der Waals surface area contributed by atoms with E-state index in [4.69, 9.17) is 5.11 Å². The number of hydrogen-bond donors (Lipinski definition) is 1. The van der Waals surface area contributed by atoms with Crippen LogP contribution in [0.4, 0.5) is 92.2 Å². The summed E-state index contributed by atoms with van der Waals surface area (Å²) in [6, 6.07) is 0. The molecule has 0 aromatic rings. The summed E-state index contributed by atoms with van der Waals surface area (Å²) in [5.74, 6) is -16.5. The Morgan fingerprint density at radius 1 is 0.459 bits per heavy atom. The highest BCUT2D eigenvalue weighted by atomic mass is 19.4. The molecular formula is C15H19F21O. The molecule has 0 fully saturated rings. The first-order valence-corrected chi connectivity index (χ1v) is 8.31. The van der Waals surface area contributed by atoms with E-state index in [-0.39, 0.29) is 0 Å². The number of halogens is 21. The average molecular weight is 614 g/mol. The van der Waals surface area contributed by atoms with E-state index in [0.717, 1.165) is 0 Å². The molecule has 0 aromatic heterocycles. The molecular weight excluding hydrogens is 595 g/mol. The van der Waals surface area contributed by atoms with Gasteiger partial charge in [0.05, 0.1) is 20.0 Å². The number of aliphatic hydroxyl groups excluding tert-OH is 1. The van der Waals surface area contributed by atoms with Crippen molar-refractivity contribution in [2.45, 2.75) is 55.2 Å². The number of rotatable bonds is 8. The van der Waals surface area contributed by atoms with Gasteiger partial charge in [0.1, 0.15) is 0 Å². The minimum atomic E-state index is -5.11. The summed E-state index contributed by atoms with van der Waals surface area (Å²) >= 11 is 0. The van der Waals surface area contributed by atoms with Crippen LogP contribution in [0.15, 0.2) is 0 Å². The van der Waals surface area contributed by atoms with Gasteiger partial charge >= 0.3 is 12.4 Å². The van der Waals surface area contributed by atoms with Crippen LogP contribution in [-0.4, -0.2) is 88.1 Å². The lowest BCUT2D eigenvalue weighted by molar-refractivity contribution is -0.246. The molecule has 0 amide bonds. The van der Waals surface area contributed by atoms with E-state index in [1.165, 1.54) is 0 Å². The largest absolute Gasteiger partial charge is 0.444 e. The Labute approximate surface area is 194 Å². The van der Waals surface area contributed by atoms with Crippen molar-refractivity contribution in [1.82, 2.24) is 0 Å². The molecule has 1 atom stereocenters. The summed E-state index contributed by atoms with van der Waals surface area (Å²) in [5.41, 5.74) is 0. The van der Waals surface area contributed by atoms with Crippen molar-refractivity contribution in [2.75, 3.05) is 40.6 Å². The van der Waals surface area contributed by atoms with E-state index in [9.17, 15) is 92.2 Å². The smallest absolute Gasteiger partial charge is 0.357 e. The quantitative estimate of drug-likeness (QED) is 0.274. The zero-order chi connectivity index (χ0) is 31.5. The summed E-state index contributed by atoms with van der Waals surface area (Å²) in [7, 11) is 0.500. The molecule has 0 aromatic carbocycles. The highest BCUT2D eigenvalue weighted by Crippen LogP contribution is 2.31. The molecule has 0 saturated heterocycles. The molecule has 0 radical (unpaired) electrons. The monoisotopic (exact) mass is 614 g/mol. The van der Waals surface area contributed by atoms with E-state index >= 15 is 0 Å². The molecule has 37 heavy (non-hydrogen) atoms. The van der Waals surface area contributed by atoms with Crippen LogP contribution in [0.25, 0.3) is 0 Å². The summed E-state index contributed by atoms with van der Waals surface area (Å²) in [6.07, 6.45) is -17.6. The summed E-state index contributed by atoms with van der Waals surface area (Å²) < 4.78 is 233. The molecule has 0 aliphatic heterocycles. The van der Waals surface area contributed by atoms with Crippen LogP contribution < -0.4 is 0 Å². The lowest BCUT2D eigenvalue weighted by Gasteiger charge is -2.17. The lowest BCUT2D eigenvalue weighted by atomic mass is 10.1. The first-order chi connectivity index (χ1) is 16.2. The molecule has 0 aliphatic rings. The molecule has 0 aliphatic carbocycles. The second-order valence-electron chi connectivity index (χ2n) is 5.94. The maximum atomic E-state index is 11.8. The van der Waals surface area contributed by atoms with Gasteiger partial charge in [-0.15, -0.1) is 0 Å². The van der Waals surface area contributed by atoms with Gasteiger partial charge in [0.25, 0.3) is 30.0 Å². The van der Waals surface area contributed by atoms with Crippen molar-refractivity contribution in [3.05, 3.63) is 0 Å².